The molecule has 0 aliphatic carbocycles. The molecule has 2 heterocycles. The zero-order chi connectivity index (χ0) is 18.4. The van der Waals surface area contributed by atoms with Gasteiger partial charge < -0.3 is 5.32 Å². The Labute approximate surface area is 159 Å². The molecule has 2 N–H and O–H groups in total. The van der Waals surface area contributed by atoms with Crippen molar-refractivity contribution in [2.75, 3.05) is 5.75 Å². The highest BCUT2D eigenvalue weighted by Crippen LogP contribution is 2.23. The summed E-state index contributed by atoms with van der Waals surface area (Å²) in [6.07, 6.45) is 0.482. The lowest BCUT2D eigenvalue weighted by atomic mass is 10.0. The lowest BCUT2D eigenvalue weighted by molar-refractivity contribution is -0.125. The maximum atomic E-state index is 12.2. The summed E-state index contributed by atoms with van der Waals surface area (Å²) in [6.45, 7) is 1.49. The molecule has 1 atom stereocenters. The summed E-state index contributed by atoms with van der Waals surface area (Å²) in [5, 5.41) is 12.2. The van der Waals surface area contributed by atoms with Gasteiger partial charge in [0.2, 0.25) is 11.1 Å². The second-order valence-electron chi connectivity index (χ2n) is 5.65. The molecule has 8 heteroatoms. The Bertz CT molecular complexity index is 862. The Morgan fingerprint density at radius 3 is 2.73 bits per heavy atom. The highest BCUT2D eigenvalue weighted by Gasteiger charge is 2.18. The molecular weight excluding hydrogens is 368 g/mol. The third-order valence-electron chi connectivity index (χ3n) is 3.66. The van der Waals surface area contributed by atoms with Gasteiger partial charge in [0.05, 0.1) is 16.7 Å². The van der Waals surface area contributed by atoms with E-state index < -0.39 is 6.04 Å². The molecule has 134 valence electrons. The second kappa shape index (κ2) is 8.77. The number of thioether (sulfide) groups is 1. The topological polar surface area (TPSA) is 87.7 Å². The number of Topliss-reactive ketones (excluding diaryl/α,β-unsaturated/α-hetero) is 1. The predicted molar refractivity (Wildman–Crippen MR) is 103 cm³/mol. The van der Waals surface area contributed by atoms with Crippen LogP contribution in [0, 0.1) is 0 Å². The molecule has 26 heavy (non-hydrogen) atoms. The Kier molecular flexibility index (Phi) is 6.19. The first-order chi connectivity index (χ1) is 12.6. The van der Waals surface area contributed by atoms with Crippen molar-refractivity contribution in [1.29, 1.82) is 0 Å². The number of amides is 1. The maximum absolute atomic E-state index is 12.2. The average Bonchev–Trinajstić information content (AvgIpc) is 3.31. The third kappa shape index (κ3) is 5.03. The van der Waals surface area contributed by atoms with Gasteiger partial charge in [0.1, 0.15) is 0 Å². The van der Waals surface area contributed by atoms with Crippen molar-refractivity contribution in [3.8, 4) is 10.7 Å². The lowest BCUT2D eigenvalue weighted by Gasteiger charge is -2.15. The molecule has 0 fully saturated rings. The van der Waals surface area contributed by atoms with Crippen molar-refractivity contribution in [3.63, 3.8) is 0 Å². The summed E-state index contributed by atoms with van der Waals surface area (Å²) < 4.78 is 0. The van der Waals surface area contributed by atoms with E-state index in [0.29, 0.717) is 17.4 Å². The van der Waals surface area contributed by atoms with E-state index in [2.05, 4.69) is 20.5 Å². The molecule has 1 amide bonds. The number of H-pyrrole nitrogens is 1. The Morgan fingerprint density at radius 2 is 2.04 bits per heavy atom. The Balaban J connectivity index is 1.53. The number of aromatic amines is 1. The van der Waals surface area contributed by atoms with Gasteiger partial charge in [0.25, 0.3) is 0 Å². The first kappa shape index (κ1) is 18.3. The van der Waals surface area contributed by atoms with Crippen LogP contribution in [0.2, 0.25) is 0 Å². The van der Waals surface area contributed by atoms with Crippen molar-refractivity contribution in [2.24, 2.45) is 0 Å². The average molecular weight is 387 g/mol. The minimum atomic E-state index is -0.528. The van der Waals surface area contributed by atoms with Gasteiger partial charge in [-0.1, -0.05) is 48.2 Å². The minimum Gasteiger partial charge on any atom is -0.345 e. The number of aromatic nitrogens is 3. The fourth-order valence-corrected chi connectivity index (χ4v) is 3.62. The Hall–Kier alpha value is -2.45. The standard InChI is InChI=1S/C18H18N4O2S2/c1-12(23)14(10-13-6-3-2-4-7-13)19-16(24)11-26-18-20-17(21-22-18)15-8-5-9-25-15/h2-9,14H,10-11H2,1H3,(H,19,24)(H,20,21,22)/t14-/m1/s1. The summed E-state index contributed by atoms with van der Waals surface area (Å²) in [4.78, 5) is 29.4. The minimum absolute atomic E-state index is 0.0647. The number of hydrogen-bond acceptors (Lipinski definition) is 6. The lowest BCUT2D eigenvalue weighted by Crippen LogP contribution is -2.42. The molecule has 0 unspecified atom stereocenters. The second-order valence-corrected chi connectivity index (χ2v) is 7.54. The molecule has 3 rings (SSSR count). The first-order valence-electron chi connectivity index (χ1n) is 8.04. The fourth-order valence-electron chi connectivity index (χ4n) is 2.35. The van der Waals surface area contributed by atoms with E-state index in [1.807, 2.05) is 47.8 Å². The van der Waals surface area contributed by atoms with Gasteiger partial charge in [-0.15, -0.1) is 16.4 Å². The van der Waals surface area contributed by atoms with E-state index in [1.54, 1.807) is 11.3 Å². The van der Waals surface area contributed by atoms with Crippen LogP contribution in [-0.4, -0.2) is 38.7 Å². The van der Waals surface area contributed by atoms with Gasteiger partial charge in [-0.2, -0.15) is 0 Å². The van der Waals surface area contributed by atoms with Crippen LogP contribution in [0.4, 0.5) is 0 Å². The number of nitrogens with zero attached hydrogens (tertiary/aromatic N) is 2. The van der Waals surface area contributed by atoms with Crippen molar-refractivity contribution in [3.05, 3.63) is 53.4 Å². The van der Waals surface area contributed by atoms with Gasteiger partial charge in [-0.25, -0.2) is 4.98 Å². The van der Waals surface area contributed by atoms with Crippen LogP contribution in [0.25, 0.3) is 10.7 Å². The highest BCUT2D eigenvalue weighted by atomic mass is 32.2. The number of carbonyl (C=O) groups is 2. The molecule has 0 saturated heterocycles. The third-order valence-corrected chi connectivity index (χ3v) is 5.38. The van der Waals surface area contributed by atoms with E-state index in [4.69, 9.17) is 0 Å². The van der Waals surface area contributed by atoms with E-state index in [9.17, 15) is 9.59 Å². The van der Waals surface area contributed by atoms with Crippen molar-refractivity contribution in [1.82, 2.24) is 20.5 Å². The van der Waals surface area contributed by atoms with Crippen molar-refractivity contribution < 1.29 is 9.59 Å². The summed E-state index contributed by atoms with van der Waals surface area (Å²) in [7, 11) is 0. The van der Waals surface area contributed by atoms with Crippen molar-refractivity contribution in [2.45, 2.75) is 24.5 Å². The molecular formula is C18H18N4O2S2. The molecule has 2 aromatic heterocycles. The van der Waals surface area contributed by atoms with Gasteiger partial charge in [-0.05, 0) is 30.4 Å². The van der Waals surface area contributed by atoms with E-state index in [-0.39, 0.29) is 17.4 Å². The van der Waals surface area contributed by atoms with Crippen LogP contribution >= 0.6 is 23.1 Å². The summed E-state index contributed by atoms with van der Waals surface area (Å²) in [5.74, 6) is 0.563. The quantitative estimate of drug-likeness (QED) is 0.581. The molecule has 0 bridgehead atoms. The molecule has 6 nitrogen and oxygen atoms in total. The smallest absolute Gasteiger partial charge is 0.231 e. The summed E-state index contributed by atoms with van der Waals surface area (Å²) in [6, 6.07) is 13.0. The van der Waals surface area contributed by atoms with Gasteiger partial charge in [0, 0.05) is 0 Å². The number of ketones is 1. The summed E-state index contributed by atoms with van der Waals surface area (Å²) in [5.41, 5.74) is 1.01. The van der Waals surface area contributed by atoms with Gasteiger partial charge in [0.15, 0.2) is 11.6 Å². The molecule has 0 radical (unpaired) electrons. The first-order valence-corrected chi connectivity index (χ1v) is 9.91. The number of nitrogens with one attached hydrogen (secondary N) is 2. The van der Waals surface area contributed by atoms with Crippen LogP contribution in [0.5, 0.6) is 0 Å². The van der Waals surface area contributed by atoms with Crippen molar-refractivity contribution >= 4 is 34.8 Å². The molecule has 1 aromatic carbocycles. The van der Waals surface area contributed by atoms with E-state index in [1.165, 1.54) is 18.7 Å². The van der Waals surface area contributed by atoms with E-state index >= 15 is 0 Å². The molecule has 0 aliphatic heterocycles. The largest absolute Gasteiger partial charge is 0.345 e. The monoisotopic (exact) mass is 386 g/mol. The normalized spacial score (nSPS) is 11.9. The number of carbonyl (C=O) groups excluding carboxylic acids is 2. The highest BCUT2D eigenvalue weighted by molar-refractivity contribution is 7.99. The van der Waals surface area contributed by atoms with Gasteiger partial charge >= 0.3 is 0 Å². The van der Waals surface area contributed by atoms with Crippen LogP contribution in [-0.2, 0) is 16.0 Å². The number of hydrogen-bond donors (Lipinski definition) is 2. The predicted octanol–water partition coefficient (Wildman–Crippen LogP) is 2.94. The SMILES string of the molecule is CC(=O)[C@@H](Cc1ccccc1)NC(=O)CSc1n[nH]c(-c2cccs2)n1. The fraction of sp³-hybridized carbons (Fsp3) is 0.222. The maximum Gasteiger partial charge on any atom is 0.231 e. The van der Waals surface area contributed by atoms with Gasteiger partial charge in [-0.3, -0.25) is 14.7 Å². The molecule has 0 spiro atoms. The van der Waals surface area contributed by atoms with Crippen LogP contribution in [0.1, 0.15) is 12.5 Å². The number of thiophene rings is 1. The zero-order valence-electron chi connectivity index (χ0n) is 14.1. The van der Waals surface area contributed by atoms with Crippen LogP contribution in [0.15, 0.2) is 53.0 Å². The molecule has 0 aliphatic rings. The Morgan fingerprint density at radius 1 is 1.23 bits per heavy atom. The number of benzene rings is 1. The van der Waals surface area contributed by atoms with E-state index in [0.717, 1.165) is 10.4 Å². The molecule has 0 saturated carbocycles. The van der Waals surface area contributed by atoms with Crippen LogP contribution < -0.4 is 5.32 Å². The molecule has 3 aromatic rings. The van der Waals surface area contributed by atoms with Crippen LogP contribution in [0.3, 0.4) is 0 Å². The summed E-state index contributed by atoms with van der Waals surface area (Å²) >= 11 is 2.80. The zero-order valence-corrected chi connectivity index (χ0v) is 15.8. The number of rotatable bonds is 8.